The molecule has 2 aromatic heterocycles. The van der Waals surface area contributed by atoms with E-state index in [9.17, 15) is 5.26 Å². The van der Waals surface area contributed by atoms with Gasteiger partial charge in [-0.15, -0.1) is 0 Å². The molecule has 0 aliphatic heterocycles. The molecule has 1 aliphatic rings. The molecule has 3 N–H and O–H groups in total. The highest BCUT2D eigenvalue weighted by atomic mass is 32.1. The van der Waals surface area contributed by atoms with E-state index in [2.05, 4.69) is 20.6 Å². The first-order chi connectivity index (χ1) is 8.77. The quantitative estimate of drug-likeness (QED) is 0.823. The summed E-state index contributed by atoms with van der Waals surface area (Å²) >= 11 is 5.28. The first-order valence-corrected chi connectivity index (χ1v) is 6.38. The summed E-state index contributed by atoms with van der Waals surface area (Å²) in [6, 6.07) is 2.30. The van der Waals surface area contributed by atoms with Crippen molar-refractivity contribution < 1.29 is 0 Å². The number of rotatable bonds is 3. The van der Waals surface area contributed by atoms with Crippen molar-refractivity contribution in [1.29, 1.82) is 5.26 Å². The molecule has 1 saturated carbocycles. The van der Waals surface area contributed by atoms with Crippen LogP contribution in [0.4, 0.5) is 0 Å². The zero-order valence-corrected chi connectivity index (χ0v) is 10.6. The molecule has 0 unspecified atom stereocenters. The fourth-order valence-electron chi connectivity index (χ4n) is 2.47. The number of fused-ring (bicyclic) bond motifs is 1. The Bertz CT molecular complexity index is 702. The van der Waals surface area contributed by atoms with E-state index in [4.69, 9.17) is 18.0 Å². The Balaban J connectivity index is 2.42. The molecule has 6 heteroatoms. The minimum Gasteiger partial charge on any atom is -0.343 e. The normalized spacial score (nSPS) is 14.9. The van der Waals surface area contributed by atoms with Crippen LogP contribution in [-0.2, 0) is 6.54 Å². The maximum absolute atomic E-state index is 9.40. The molecule has 0 bridgehead atoms. The Hall–Kier alpha value is -1.71. The third kappa shape index (κ3) is 1.55. The maximum Gasteiger partial charge on any atom is 0.153 e. The van der Waals surface area contributed by atoms with E-state index >= 15 is 0 Å². The van der Waals surface area contributed by atoms with Crippen molar-refractivity contribution in [2.75, 3.05) is 6.54 Å². The number of aromatic amines is 1. The van der Waals surface area contributed by atoms with Gasteiger partial charge >= 0.3 is 0 Å². The van der Waals surface area contributed by atoms with Crippen LogP contribution in [0.5, 0.6) is 0 Å². The molecule has 3 rings (SSSR count). The molecule has 1 fully saturated rings. The fourth-order valence-corrected chi connectivity index (χ4v) is 2.74. The largest absolute Gasteiger partial charge is 0.343 e. The highest BCUT2D eigenvalue weighted by Gasteiger charge is 2.32. The van der Waals surface area contributed by atoms with Crippen LogP contribution in [0, 0.1) is 16.0 Å². The van der Waals surface area contributed by atoms with Crippen molar-refractivity contribution in [2.45, 2.75) is 25.3 Å². The van der Waals surface area contributed by atoms with E-state index in [1.807, 2.05) is 0 Å². The van der Waals surface area contributed by atoms with Crippen LogP contribution in [0.15, 0.2) is 6.33 Å². The fraction of sp³-hybridized carbons (Fsp3) is 0.417. The SMILES string of the molecule is N#Cc1c(C2CC2)n(CCN)c2c(=S)nc[nH]c12. The number of H-pyrrole nitrogens is 1. The number of hydrogen-bond donors (Lipinski definition) is 2. The Morgan fingerprint density at radius 2 is 2.39 bits per heavy atom. The summed E-state index contributed by atoms with van der Waals surface area (Å²) < 4.78 is 2.61. The highest BCUT2D eigenvalue weighted by molar-refractivity contribution is 7.71. The van der Waals surface area contributed by atoms with Gasteiger partial charge < -0.3 is 15.3 Å². The highest BCUT2D eigenvalue weighted by Crippen LogP contribution is 2.44. The monoisotopic (exact) mass is 259 g/mol. The van der Waals surface area contributed by atoms with Gasteiger partial charge in [0.2, 0.25) is 0 Å². The van der Waals surface area contributed by atoms with Crippen molar-refractivity contribution in [1.82, 2.24) is 14.5 Å². The molecule has 2 heterocycles. The number of nitrogens with two attached hydrogens (primary N) is 1. The van der Waals surface area contributed by atoms with Crippen molar-refractivity contribution in [2.24, 2.45) is 5.73 Å². The van der Waals surface area contributed by atoms with Crippen molar-refractivity contribution in [3.8, 4) is 6.07 Å². The Kier molecular flexibility index (Phi) is 2.65. The molecule has 0 spiro atoms. The van der Waals surface area contributed by atoms with Crippen molar-refractivity contribution >= 4 is 23.3 Å². The van der Waals surface area contributed by atoms with Crippen LogP contribution in [0.25, 0.3) is 11.0 Å². The molecule has 0 amide bonds. The second kappa shape index (κ2) is 4.19. The third-order valence-electron chi connectivity index (χ3n) is 3.33. The first-order valence-electron chi connectivity index (χ1n) is 5.98. The second-order valence-corrected chi connectivity index (χ2v) is 4.90. The van der Waals surface area contributed by atoms with E-state index in [0.29, 0.717) is 29.2 Å². The predicted octanol–water partition coefficient (Wildman–Crippen LogP) is 1.80. The van der Waals surface area contributed by atoms with Gasteiger partial charge in [-0.2, -0.15) is 5.26 Å². The van der Waals surface area contributed by atoms with Crippen LogP contribution >= 0.6 is 12.2 Å². The Morgan fingerprint density at radius 3 is 3.00 bits per heavy atom. The van der Waals surface area contributed by atoms with Crippen molar-refractivity contribution in [3.63, 3.8) is 0 Å². The molecule has 5 nitrogen and oxygen atoms in total. The van der Waals surface area contributed by atoms with Crippen LogP contribution in [-0.4, -0.2) is 21.1 Å². The third-order valence-corrected chi connectivity index (χ3v) is 3.62. The van der Waals surface area contributed by atoms with Gasteiger partial charge in [-0.3, -0.25) is 0 Å². The lowest BCUT2D eigenvalue weighted by Gasteiger charge is -2.08. The summed E-state index contributed by atoms with van der Waals surface area (Å²) in [7, 11) is 0. The Morgan fingerprint density at radius 1 is 1.61 bits per heavy atom. The average molecular weight is 259 g/mol. The molecular formula is C12H13N5S. The summed E-state index contributed by atoms with van der Waals surface area (Å²) in [6.07, 6.45) is 3.82. The lowest BCUT2D eigenvalue weighted by atomic mass is 10.2. The Labute approximate surface area is 109 Å². The molecule has 2 aromatic rings. The molecule has 0 radical (unpaired) electrons. The van der Waals surface area contributed by atoms with Crippen molar-refractivity contribution in [3.05, 3.63) is 22.2 Å². The number of aromatic nitrogens is 3. The van der Waals surface area contributed by atoms with Crippen LogP contribution in [0.2, 0.25) is 0 Å². The lowest BCUT2D eigenvalue weighted by molar-refractivity contribution is 0.693. The van der Waals surface area contributed by atoms with E-state index in [1.165, 1.54) is 0 Å². The molecule has 18 heavy (non-hydrogen) atoms. The van der Waals surface area contributed by atoms with Gasteiger partial charge in [-0.1, -0.05) is 12.2 Å². The molecule has 0 atom stereocenters. The number of hydrogen-bond acceptors (Lipinski definition) is 4. The van der Waals surface area contributed by atoms with E-state index in [-0.39, 0.29) is 0 Å². The number of nitrogens with one attached hydrogen (secondary N) is 1. The maximum atomic E-state index is 9.40. The van der Waals surface area contributed by atoms with Gasteiger partial charge in [-0.25, -0.2) is 4.98 Å². The summed E-state index contributed by atoms with van der Waals surface area (Å²) in [4.78, 5) is 7.16. The summed E-state index contributed by atoms with van der Waals surface area (Å²) in [5.74, 6) is 0.474. The van der Waals surface area contributed by atoms with Crippen LogP contribution < -0.4 is 5.73 Å². The molecule has 92 valence electrons. The van der Waals surface area contributed by atoms with Gasteiger partial charge in [0, 0.05) is 24.7 Å². The second-order valence-electron chi connectivity index (χ2n) is 4.52. The van der Waals surface area contributed by atoms with Crippen LogP contribution in [0.3, 0.4) is 0 Å². The topological polar surface area (TPSA) is 83.4 Å². The van der Waals surface area contributed by atoms with Gasteiger partial charge in [0.1, 0.15) is 11.6 Å². The number of nitrogens with zero attached hydrogens (tertiary/aromatic N) is 3. The van der Waals surface area contributed by atoms with Gasteiger partial charge in [0.05, 0.1) is 17.4 Å². The summed E-state index contributed by atoms with van der Waals surface area (Å²) in [5.41, 5.74) is 9.10. The zero-order valence-electron chi connectivity index (χ0n) is 9.81. The standard InChI is InChI=1S/C12H13N5S/c13-3-4-17-10(7-1-2-7)8(5-14)9-11(17)12(18)16-6-15-9/h6-7H,1-4,13H2,(H,15,16,18). The minimum atomic E-state index is 0.474. The summed E-state index contributed by atoms with van der Waals surface area (Å²) in [6.45, 7) is 1.20. The van der Waals surface area contributed by atoms with Gasteiger partial charge in [0.15, 0.2) is 4.64 Å². The smallest absolute Gasteiger partial charge is 0.153 e. The van der Waals surface area contributed by atoms with E-state index in [0.717, 1.165) is 29.6 Å². The minimum absolute atomic E-state index is 0.474. The lowest BCUT2D eigenvalue weighted by Crippen LogP contribution is -2.12. The molecule has 0 saturated heterocycles. The van der Waals surface area contributed by atoms with E-state index in [1.54, 1.807) is 6.33 Å². The van der Waals surface area contributed by atoms with Gasteiger partial charge in [-0.05, 0) is 12.8 Å². The van der Waals surface area contributed by atoms with E-state index < -0.39 is 0 Å². The molecule has 1 aliphatic carbocycles. The van der Waals surface area contributed by atoms with Gasteiger partial charge in [0.25, 0.3) is 0 Å². The molecular weight excluding hydrogens is 246 g/mol. The number of nitriles is 1. The zero-order chi connectivity index (χ0) is 12.7. The first kappa shape index (κ1) is 11.4. The predicted molar refractivity (Wildman–Crippen MR) is 70.7 cm³/mol. The summed E-state index contributed by atoms with van der Waals surface area (Å²) in [5, 5.41) is 9.40. The average Bonchev–Trinajstić information content (AvgIpc) is 3.14. The van der Waals surface area contributed by atoms with Crippen LogP contribution in [0.1, 0.15) is 30.0 Å². The molecule has 0 aromatic carbocycles.